The first-order chi connectivity index (χ1) is 9.13. The number of nitrogen functional groups attached to an aromatic ring is 1. The zero-order chi connectivity index (χ0) is 13.5. The summed E-state index contributed by atoms with van der Waals surface area (Å²) in [4.78, 5) is 16.7. The number of rotatable bonds is 1. The van der Waals surface area contributed by atoms with Crippen molar-refractivity contribution < 1.29 is 4.79 Å². The highest BCUT2D eigenvalue weighted by molar-refractivity contribution is 5.93. The molecule has 3 rings (SSSR count). The number of carbonyl (C=O) groups excluding carboxylic acids is 1. The van der Waals surface area contributed by atoms with Gasteiger partial charge >= 0.3 is 0 Å². The SMILES string of the molecule is CN1CN(c2ccc(N)cc2)C2(CCCCC2)C1=O. The van der Waals surface area contributed by atoms with Crippen molar-refractivity contribution in [3.05, 3.63) is 24.3 Å². The first kappa shape index (κ1) is 12.3. The van der Waals surface area contributed by atoms with E-state index in [9.17, 15) is 4.79 Å². The second kappa shape index (κ2) is 4.44. The minimum atomic E-state index is -0.302. The van der Waals surface area contributed by atoms with Crippen LogP contribution in [0.2, 0.25) is 0 Å². The molecule has 0 atom stereocenters. The highest BCUT2D eigenvalue weighted by Gasteiger charge is 2.51. The van der Waals surface area contributed by atoms with Crippen molar-refractivity contribution >= 4 is 17.3 Å². The summed E-state index contributed by atoms with van der Waals surface area (Å²) in [5, 5.41) is 0. The fourth-order valence-electron chi connectivity index (χ4n) is 3.49. The molecule has 19 heavy (non-hydrogen) atoms. The van der Waals surface area contributed by atoms with Gasteiger partial charge in [0.05, 0.1) is 6.67 Å². The third-order valence-corrected chi connectivity index (χ3v) is 4.50. The number of nitrogens with zero attached hydrogens (tertiary/aromatic N) is 2. The van der Waals surface area contributed by atoms with E-state index in [1.54, 1.807) is 0 Å². The van der Waals surface area contributed by atoms with Gasteiger partial charge in [0.1, 0.15) is 5.54 Å². The molecule has 1 heterocycles. The molecule has 1 amide bonds. The quantitative estimate of drug-likeness (QED) is 0.787. The summed E-state index contributed by atoms with van der Waals surface area (Å²) in [5.74, 6) is 0.282. The maximum atomic E-state index is 12.6. The summed E-state index contributed by atoms with van der Waals surface area (Å²) in [6, 6.07) is 7.87. The highest BCUT2D eigenvalue weighted by atomic mass is 16.2. The third-order valence-electron chi connectivity index (χ3n) is 4.50. The average Bonchev–Trinajstić information content (AvgIpc) is 2.66. The van der Waals surface area contributed by atoms with Crippen molar-refractivity contribution in [2.24, 2.45) is 0 Å². The molecular formula is C15H21N3O. The molecule has 2 aliphatic rings. The summed E-state index contributed by atoms with van der Waals surface area (Å²) in [7, 11) is 1.90. The lowest BCUT2D eigenvalue weighted by Crippen LogP contribution is -2.50. The van der Waals surface area contributed by atoms with Crippen LogP contribution in [0, 0.1) is 0 Å². The Labute approximate surface area is 114 Å². The molecule has 1 saturated carbocycles. The Morgan fingerprint density at radius 3 is 2.37 bits per heavy atom. The minimum absolute atomic E-state index is 0.282. The molecule has 2 N–H and O–H groups in total. The molecule has 4 nitrogen and oxygen atoms in total. The molecule has 0 aromatic heterocycles. The van der Waals surface area contributed by atoms with E-state index in [4.69, 9.17) is 5.73 Å². The summed E-state index contributed by atoms with van der Waals surface area (Å²) >= 11 is 0. The van der Waals surface area contributed by atoms with Gasteiger partial charge in [0.15, 0.2) is 0 Å². The van der Waals surface area contributed by atoms with Gasteiger partial charge in [0.2, 0.25) is 5.91 Å². The maximum Gasteiger partial charge on any atom is 0.249 e. The lowest BCUT2D eigenvalue weighted by molar-refractivity contribution is -0.132. The van der Waals surface area contributed by atoms with Gasteiger partial charge in [-0.25, -0.2) is 0 Å². The molecule has 1 aromatic rings. The smallest absolute Gasteiger partial charge is 0.249 e. The van der Waals surface area contributed by atoms with Crippen LogP contribution in [0.4, 0.5) is 11.4 Å². The van der Waals surface area contributed by atoms with Gasteiger partial charge in [0.25, 0.3) is 0 Å². The molecule has 0 unspecified atom stereocenters. The molecule has 1 spiro atoms. The number of benzene rings is 1. The van der Waals surface area contributed by atoms with Crippen molar-refractivity contribution in [2.75, 3.05) is 24.3 Å². The van der Waals surface area contributed by atoms with Gasteiger partial charge in [-0.3, -0.25) is 4.79 Å². The normalized spacial score (nSPS) is 22.3. The van der Waals surface area contributed by atoms with Crippen LogP contribution in [0.25, 0.3) is 0 Å². The Morgan fingerprint density at radius 1 is 1.11 bits per heavy atom. The summed E-state index contributed by atoms with van der Waals surface area (Å²) in [5.41, 5.74) is 7.32. The van der Waals surface area contributed by atoms with Crippen molar-refractivity contribution in [3.8, 4) is 0 Å². The van der Waals surface area contributed by atoms with Gasteiger partial charge in [-0.15, -0.1) is 0 Å². The fourth-order valence-corrected chi connectivity index (χ4v) is 3.49. The van der Waals surface area contributed by atoms with Crippen molar-refractivity contribution in [1.29, 1.82) is 0 Å². The highest BCUT2D eigenvalue weighted by Crippen LogP contribution is 2.41. The van der Waals surface area contributed by atoms with E-state index in [1.165, 1.54) is 6.42 Å². The van der Waals surface area contributed by atoms with Crippen molar-refractivity contribution in [3.63, 3.8) is 0 Å². The lowest BCUT2D eigenvalue weighted by atomic mass is 9.80. The zero-order valence-corrected chi connectivity index (χ0v) is 11.4. The van der Waals surface area contributed by atoms with Crippen LogP contribution in [0.3, 0.4) is 0 Å². The largest absolute Gasteiger partial charge is 0.399 e. The van der Waals surface area contributed by atoms with E-state index in [0.29, 0.717) is 6.67 Å². The molecule has 1 aromatic carbocycles. The number of hydrogen-bond acceptors (Lipinski definition) is 3. The fraction of sp³-hybridized carbons (Fsp3) is 0.533. The van der Waals surface area contributed by atoms with Crippen LogP contribution >= 0.6 is 0 Å². The van der Waals surface area contributed by atoms with Crippen LogP contribution in [-0.2, 0) is 4.79 Å². The molecule has 102 valence electrons. The lowest BCUT2D eigenvalue weighted by Gasteiger charge is -2.39. The van der Waals surface area contributed by atoms with E-state index in [-0.39, 0.29) is 11.4 Å². The van der Waals surface area contributed by atoms with Gasteiger partial charge in [-0.05, 0) is 37.1 Å². The predicted octanol–water partition coefficient (Wildman–Crippen LogP) is 2.21. The van der Waals surface area contributed by atoms with E-state index in [1.807, 2.05) is 36.2 Å². The second-order valence-corrected chi connectivity index (χ2v) is 5.76. The monoisotopic (exact) mass is 259 g/mol. The second-order valence-electron chi connectivity index (χ2n) is 5.76. The summed E-state index contributed by atoms with van der Waals surface area (Å²) in [6.07, 6.45) is 5.48. The molecule has 1 saturated heterocycles. The minimum Gasteiger partial charge on any atom is -0.399 e. The first-order valence-corrected chi connectivity index (χ1v) is 7.02. The Hall–Kier alpha value is -1.71. The molecular weight excluding hydrogens is 238 g/mol. The number of anilines is 2. The van der Waals surface area contributed by atoms with Crippen LogP contribution in [0.15, 0.2) is 24.3 Å². The third kappa shape index (κ3) is 1.86. The van der Waals surface area contributed by atoms with E-state index >= 15 is 0 Å². The number of likely N-dealkylation sites (N-methyl/N-ethyl adjacent to an activating group) is 1. The van der Waals surface area contributed by atoms with Gasteiger partial charge in [-0.2, -0.15) is 0 Å². The Morgan fingerprint density at radius 2 is 1.74 bits per heavy atom. The molecule has 0 radical (unpaired) electrons. The van der Waals surface area contributed by atoms with Crippen LogP contribution in [0.5, 0.6) is 0 Å². The van der Waals surface area contributed by atoms with Crippen molar-refractivity contribution in [1.82, 2.24) is 4.90 Å². The number of amides is 1. The Kier molecular flexibility index (Phi) is 2.88. The van der Waals surface area contributed by atoms with Crippen LogP contribution in [0.1, 0.15) is 32.1 Å². The molecule has 1 aliphatic heterocycles. The Bertz CT molecular complexity index is 477. The molecule has 2 fully saturated rings. The first-order valence-electron chi connectivity index (χ1n) is 7.02. The predicted molar refractivity (Wildman–Crippen MR) is 76.8 cm³/mol. The number of carbonyl (C=O) groups is 1. The zero-order valence-electron chi connectivity index (χ0n) is 11.4. The van der Waals surface area contributed by atoms with Crippen LogP contribution < -0.4 is 10.6 Å². The maximum absolute atomic E-state index is 12.6. The Balaban J connectivity index is 1.98. The number of hydrogen-bond donors (Lipinski definition) is 1. The van der Waals surface area contributed by atoms with E-state index in [0.717, 1.165) is 37.1 Å². The standard InChI is InChI=1S/C15H21N3O/c1-17-11-18(13-7-5-12(16)6-8-13)15(14(17)19)9-3-2-4-10-15/h5-8H,2-4,9-11,16H2,1H3. The number of nitrogens with two attached hydrogens (primary N) is 1. The van der Waals surface area contributed by atoms with Crippen LogP contribution in [-0.4, -0.2) is 30.1 Å². The average molecular weight is 259 g/mol. The van der Waals surface area contributed by atoms with E-state index in [2.05, 4.69) is 4.90 Å². The molecule has 4 heteroatoms. The van der Waals surface area contributed by atoms with Gasteiger partial charge in [0, 0.05) is 18.4 Å². The summed E-state index contributed by atoms with van der Waals surface area (Å²) in [6.45, 7) is 0.683. The van der Waals surface area contributed by atoms with Gasteiger partial charge < -0.3 is 15.5 Å². The molecule has 1 aliphatic carbocycles. The summed E-state index contributed by atoms with van der Waals surface area (Å²) < 4.78 is 0. The van der Waals surface area contributed by atoms with E-state index < -0.39 is 0 Å². The topological polar surface area (TPSA) is 49.6 Å². The van der Waals surface area contributed by atoms with Gasteiger partial charge in [-0.1, -0.05) is 19.3 Å². The molecule has 0 bridgehead atoms. The van der Waals surface area contributed by atoms with Crippen molar-refractivity contribution in [2.45, 2.75) is 37.6 Å².